The lowest BCUT2D eigenvalue weighted by molar-refractivity contribution is -0.129. The summed E-state index contributed by atoms with van der Waals surface area (Å²) in [5.74, 6) is 3.19. The molecule has 0 bridgehead atoms. The first-order chi connectivity index (χ1) is 7.66. The Labute approximate surface area is 100.0 Å². The minimum absolute atomic E-state index is 0.426. The number of rotatable bonds is 2. The van der Waals surface area contributed by atoms with Crippen LogP contribution in [0.3, 0.4) is 0 Å². The first-order valence-corrected chi connectivity index (χ1v) is 7.20. The van der Waals surface area contributed by atoms with Crippen molar-refractivity contribution >= 4 is 5.78 Å². The van der Waals surface area contributed by atoms with E-state index < -0.39 is 0 Å². The van der Waals surface area contributed by atoms with Crippen molar-refractivity contribution in [3.63, 3.8) is 0 Å². The van der Waals surface area contributed by atoms with Gasteiger partial charge in [0, 0.05) is 11.8 Å². The molecular weight excluding hydrogens is 196 g/mol. The van der Waals surface area contributed by atoms with E-state index in [0.29, 0.717) is 17.6 Å². The zero-order chi connectivity index (χ0) is 11.5. The Morgan fingerprint density at radius 3 is 1.31 bits per heavy atom. The number of Topliss-reactive ketones (excluding diaryl/α,β-unsaturated/α-hetero) is 1. The number of carbonyl (C=O) groups excluding carboxylic acids is 1. The van der Waals surface area contributed by atoms with Crippen LogP contribution in [0, 0.1) is 23.7 Å². The van der Waals surface area contributed by atoms with Gasteiger partial charge in [-0.15, -0.1) is 0 Å². The third-order valence-electron chi connectivity index (χ3n) is 4.84. The highest BCUT2D eigenvalue weighted by Gasteiger charge is 2.31. The first kappa shape index (κ1) is 12.1. The topological polar surface area (TPSA) is 17.1 Å². The summed E-state index contributed by atoms with van der Waals surface area (Å²) in [6.45, 7) is 4.64. The molecular formula is C15H26O. The van der Waals surface area contributed by atoms with Gasteiger partial charge in [-0.3, -0.25) is 4.79 Å². The molecule has 0 spiro atoms. The lowest BCUT2D eigenvalue weighted by Crippen LogP contribution is -2.29. The van der Waals surface area contributed by atoms with E-state index in [-0.39, 0.29) is 0 Å². The molecule has 0 aromatic heterocycles. The van der Waals surface area contributed by atoms with Gasteiger partial charge in [0.1, 0.15) is 5.78 Å². The molecule has 2 saturated carbocycles. The highest BCUT2D eigenvalue weighted by molar-refractivity contribution is 5.83. The van der Waals surface area contributed by atoms with E-state index in [1.54, 1.807) is 0 Å². The van der Waals surface area contributed by atoms with Crippen LogP contribution >= 0.6 is 0 Å². The van der Waals surface area contributed by atoms with Crippen LogP contribution < -0.4 is 0 Å². The van der Waals surface area contributed by atoms with Gasteiger partial charge < -0.3 is 0 Å². The predicted molar refractivity (Wildman–Crippen MR) is 67.3 cm³/mol. The van der Waals surface area contributed by atoms with Crippen LogP contribution in [0.15, 0.2) is 0 Å². The molecule has 92 valence electrons. The zero-order valence-corrected chi connectivity index (χ0v) is 10.9. The van der Waals surface area contributed by atoms with Crippen LogP contribution in [0.4, 0.5) is 0 Å². The highest BCUT2D eigenvalue weighted by Crippen LogP contribution is 2.35. The Morgan fingerprint density at radius 1 is 0.688 bits per heavy atom. The molecule has 1 nitrogen and oxygen atoms in total. The van der Waals surface area contributed by atoms with E-state index in [1.165, 1.54) is 51.4 Å². The van der Waals surface area contributed by atoms with Crippen molar-refractivity contribution in [1.82, 2.24) is 0 Å². The first-order valence-electron chi connectivity index (χ1n) is 7.20. The van der Waals surface area contributed by atoms with Crippen molar-refractivity contribution in [1.29, 1.82) is 0 Å². The molecule has 0 aliphatic heterocycles. The van der Waals surface area contributed by atoms with Gasteiger partial charge >= 0.3 is 0 Å². The van der Waals surface area contributed by atoms with Gasteiger partial charge in [0.25, 0.3) is 0 Å². The van der Waals surface area contributed by atoms with Gasteiger partial charge in [-0.05, 0) is 37.5 Å². The second kappa shape index (κ2) is 5.33. The molecule has 2 aliphatic rings. The second-order valence-electron chi connectivity index (χ2n) is 6.32. The third-order valence-corrected chi connectivity index (χ3v) is 4.84. The highest BCUT2D eigenvalue weighted by atomic mass is 16.1. The van der Waals surface area contributed by atoms with Gasteiger partial charge in [-0.1, -0.05) is 39.5 Å². The van der Waals surface area contributed by atoms with E-state index in [2.05, 4.69) is 13.8 Å². The van der Waals surface area contributed by atoms with Gasteiger partial charge in [0.15, 0.2) is 0 Å². The Morgan fingerprint density at radius 2 is 1.00 bits per heavy atom. The number of ketones is 1. The van der Waals surface area contributed by atoms with Crippen molar-refractivity contribution < 1.29 is 4.79 Å². The molecule has 16 heavy (non-hydrogen) atoms. The van der Waals surface area contributed by atoms with E-state index in [9.17, 15) is 4.79 Å². The van der Waals surface area contributed by atoms with Crippen LogP contribution in [0.1, 0.15) is 65.2 Å². The molecule has 0 aromatic carbocycles. The Hall–Kier alpha value is -0.330. The lowest BCUT2D eigenvalue weighted by Gasteiger charge is -2.31. The molecule has 0 radical (unpaired) electrons. The van der Waals surface area contributed by atoms with E-state index in [0.717, 1.165) is 11.8 Å². The molecule has 2 rings (SSSR count). The largest absolute Gasteiger partial charge is 0.299 e. The molecule has 0 heterocycles. The normalized spacial score (nSPS) is 40.6. The van der Waals surface area contributed by atoms with Crippen molar-refractivity contribution in [2.24, 2.45) is 23.7 Å². The summed E-state index contributed by atoms with van der Waals surface area (Å²) >= 11 is 0. The third kappa shape index (κ3) is 2.87. The summed E-state index contributed by atoms with van der Waals surface area (Å²) in [5, 5.41) is 0. The predicted octanol–water partition coefficient (Wildman–Crippen LogP) is 4.21. The van der Waals surface area contributed by atoms with Crippen LogP contribution in [-0.4, -0.2) is 5.78 Å². The standard InChI is InChI=1S/C15H26O/c1-11-3-7-13(8-4-11)15(16)14-9-5-12(2)6-10-14/h11-14H,3-10H2,1-2H3. The van der Waals surface area contributed by atoms with E-state index in [4.69, 9.17) is 0 Å². The summed E-state index contributed by atoms with van der Waals surface area (Å²) in [6, 6.07) is 0. The average Bonchev–Trinajstić information content (AvgIpc) is 2.30. The fourth-order valence-electron chi connectivity index (χ4n) is 3.42. The molecule has 2 fully saturated rings. The van der Waals surface area contributed by atoms with Crippen molar-refractivity contribution in [3.8, 4) is 0 Å². The maximum atomic E-state index is 12.4. The van der Waals surface area contributed by atoms with Gasteiger partial charge in [-0.25, -0.2) is 0 Å². The van der Waals surface area contributed by atoms with Crippen LogP contribution in [0.25, 0.3) is 0 Å². The SMILES string of the molecule is CC1CCC(C(=O)C2CCC(C)CC2)CC1. The summed E-state index contributed by atoms with van der Waals surface area (Å²) < 4.78 is 0. The maximum Gasteiger partial charge on any atom is 0.139 e. The van der Waals surface area contributed by atoms with Crippen molar-refractivity contribution in [3.05, 3.63) is 0 Å². The minimum Gasteiger partial charge on any atom is -0.299 e. The smallest absolute Gasteiger partial charge is 0.139 e. The summed E-state index contributed by atoms with van der Waals surface area (Å²) in [4.78, 5) is 12.4. The number of hydrogen-bond donors (Lipinski definition) is 0. The van der Waals surface area contributed by atoms with E-state index >= 15 is 0 Å². The molecule has 0 saturated heterocycles. The van der Waals surface area contributed by atoms with E-state index in [1.807, 2.05) is 0 Å². The molecule has 0 amide bonds. The monoisotopic (exact) mass is 222 g/mol. The van der Waals surface area contributed by atoms with Crippen LogP contribution in [-0.2, 0) is 4.79 Å². The fourth-order valence-corrected chi connectivity index (χ4v) is 3.42. The van der Waals surface area contributed by atoms with Crippen molar-refractivity contribution in [2.45, 2.75) is 65.2 Å². The summed E-state index contributed by atoms with van der Waals surface area (Å²) in [7, 11) is 0. The zero-order valence-electron chi connectivity index (χ0n) is 10.9. The summed E-state index contributed by atoms with van der Waals surface area (Å²) in [5.41, 5.74) is 0. The van der Waals surface area contributed by atoms with Crippen molar-refractivity contribution in [2.75, 3.05) is 0 Å². The molecule has 0 atom stereocenters. The average molecular weight is 222 g/mol. The second-order valence-corrected chi connectivity index (χ2v) is 6.32. The number of carbonyl (C=O) groups is 1. The molecule has 0 N–H and O–H groups in total. The minimum atomic E-state index is 0.426. The Bertz CT molecular complexity index is 206. The lowest BCUT2D eigenvalue weighted by atomic mass is 9.73. The quantitative estimate of drug-likeness (QED) is 0.684. The van der Waals surface area contributed by atoms with Gasteiger partial charge in [-0.2, -0.15) is 0 Å². The molecule has 1 heteroatoms. The molecule has 0 unspecified atom stereocenters. The fraction of sp³-hybridized carbons (Fsp3) is 0.933. The molecule has 0 aromatic rings. The summed E-state index contributed by atoms with van der Waals surface area (Å²) in [6.07, 6.45) is 9.80. The molecule has 2 aliphatic carbocycles. The Kier molecular flexibility index (Phi) is 4.05. The van der Waals surface area contributed by atoms with Crippen LogP contribution in [0.2, 0.25) is 0 Å². The Balaban J connectivity index is 1.83. The van der Waals surface area contributed by atoms with Crippen LogP contribution in [0.5, 0.6) is 0 Å². The maximum absolute atomic E-state index is 12.4. The number of hydrogen-bond acceptors (Lipinski definition) is 1. The van der Waals surface area contributed by atoms with Gasteiger partial charge in [0.05, 0.1) is 0 Å². The van der Waals surface area contributed by atoms with Gasteiger partial charge in [0.2, 0.25) is 0 Å².